The van der Waals surface area contributed by atoms with E-state index in [2.05, 4.69) is 48.7 Å². The number of benzene rings is 4. The topological polar surface area (TPSA) is 142 Å². The summed E-state index contributed by atoms with van der Waals surface area (Å²) in [6.07, 6.45) is 9.96. The second-order valence-electron chi connectivity index (χ2n) is 13.8. The fourth-order valence-corrected chi connectivity index (χ4v) is 6.05. The first-order valence-electron chi connectivity index (χ1n) is 21.2. The molecule has 0 atom stereocenters. The number of aromatic amines is 2. The van der Waals surface area contributed by atoms with Crippen LogP contribution in [0.5, 0.6) is 23.0 Å². The van der Waals surface area contributed by atoms with Crippen molar-refractivity contribution in [2.75, 3.05) is 31.7 Å². The zero-order valence-electron chi connectivity index (χ0n) is 36.4. The van der Waals surface area contributed by atoms with E-state index >= 15 is 0 Å². The lowest BCUT2D eigenvalue weighted by molar-refractivity contribution is -0.254. The molecule has 1 amide bonds. The Balaban J connectivity index is 0.000000228. The average molecular weight is 897 g/mol. The minimum absolute atomic E-state index is 0.225. The molecule has 0 spiro atoms. The highest BCUT2D eigenvalue weighted by molar-refractivity contribution is 6.67. The van der Waals surface area contributed by atoms with Crippen molar-refractivity contribution in [1.82, 2.24) is 9.97 Å². The molecule has 2 aromatic heterocycles. The molecular weight excluding hydrogens is 835 g/mol. The molecule has 0 aliphatic carbocycles. The predicted molar refractivity (Wildman–Crippen MR) is 253 cm³/mol. The molecule has 13 heteroatoms. The third kappa shape index (κ3) is 17.2. The number of ether oxygens (including phenoxy) is 4. The molecule has 4 heterocycles. The van der Waals surface area contributed by atoms with Gasteiger partial charge in [0.25, 0.3) is 11.1 Å². The summed E-state index contributed by atoms with van der Waals surface area (Å²) < 4.78 is 22.1. The van der Waals surface area contributed by atoms with E-state index in [0.717, 1.165) is 65.0 Å². The first kappa shape index (κ1) is 50.5. The molecular formula is C48H62Cl3N4O6+. The van der Waals surface area contributed by atoms with E-state index in [4.69, 9.17) is 53.8 Å². The van der Waals surface area contributed by atoms with Crippen LogP contribution in [0.15, 0.2) is 84.9 Å². The number of carbonyl (C=O) groups excluding carboxylic acids is 2. The van der Waals surface area contributed by atoms with E-state index in [0.29, 0.717) is 51.8 Å². The van der Waals surface area contributed by atoms with Crippen LogP contribution in [-0.2, 0) is 0 Å². The number of unbranched alkanes of at least 4 members (excludes halogenated alkanes) is 4. The number of anilines is 1. The summed E-state index contributed by atoms with van der Waals surface area (Å²) >= 11 is 17.1. The molecule has 10 nitrogen and oxygen atoms in total. The minimum atomic E-state index is -0.493. The molecule has 0 unspecified atom stereocenters. The van der Waals surface area contributed by atoms with Crippen molar-refractivity contribution in [3.63, 3.8) is 0 Å². The molecule has 0 bridgehead atoms. The van der Waals surface area contributed by atoms with Crippen molar-refractivity contribution in [3.05, 3.63) is 106 Å². The van der Waals surface area contributed by atoms with Crippen LogP contribution in [0, 0.1) is 0 Å². The van der Waals surface area contributed by atoms with Crippen LogP contribution < -0.4 is 30.0 Å². The van der Waals surface area contributed by atoms with Gasteiger partial charge in [-0.2, -0.15) is 0 Å². The van der Waals surface area contributed by atoms with Gasteiger partial charge >= 0.3 is 0 Å². The molecule has 6 aromatic rings. The Morgan fingerprint density at radius 3 is 1.54 bits per heavy atom. The van der Waals surface area contributed by atoms with E-state index in [1.54, 1.807) is 54.6 Å². The molecule has 61 heavy (non-hydrogen) atoms. The standard InChI is InChI=1S/C18H15ClN2O3.C9H5Cl2NO.C9H11NO2.C6H14.C4H10.C2H6/c19-12-2-4-14-11(8-12)9-15(21-14)18(22)20-13-3-5-16-17(10-13)24-7-1-6-23-16;10-6-1-2-7-5(3-6)4-8(12-7)9(11)13;10-7-2-3-8-9(6-7)12-5-1-4-11-8;1-3-5-6-4-2;1-3-4-2;1-2/h2-5,8-10,21H,1,6-7H2,(H,20,22);1-4,12H;2-3,6H,1,4-5,10H2;3-6H2,1-2H3;3-4H2,1-2H3;1-2H3/p+1. The number of quaternary nitrogens is 1. The lowest BCUT2D eigenvalue weighted by atomic mass is 10.2. The summed E-state index contributed by atoms with van der Waals surface area (Å²) in [7, 11) is 0. The van der Waals surface area contributed by atoms with E-state index in [1.165, 1.54) is 38.5 Å². The predicted octanol–water partition coefficient (Wildman–Crippen LogP) is 13.6. The maximum Gasteiger partial charge on any atom is 0.272 e. The van der Waals surface area contributed by atoms with Crippen molar-refractivity contribution in [2.24, 2.45) is 0 Å². The van der Waals surface area contributed by atoms with E-state index in [1.807, 2.05) is 44.2 Å². The second-order valence-corrected chi connectivity index (χ2v) is 15.0. The van der Waals surface area contributed by atoms with Crippen LogP contribution in [0.25, 0.3) is 21.8 Å². The highest BCUT2D eigenvalue weighted by Gasteiger charge is 2.15. The zero-order valence-corrected chi connectivity index (χ0v) is 38.6. The number of hydrogen-bond donors (Lipinski definition) is 4. The Labute approximate surface area is 375 Å². The average Bonchev–Trinajstić information content (AvgIpc) is 3.72. The third-order valence-electron chi connectivity index (χ3n) is 8.90. The Hall–Kier alpha value is -4.87. The second kappa shape index (κ2) is 27.9. The number of nitrogens with one attached hydrogen (secondary N) is 3. The van der Waals surface area contributed by atoms with Crippen molar-refractivity contribution in [1.29, 1.82) is 0 Å². The number of hydrogen-bond acceptors (Lipinski definition) is 6. The van der Waals surface area contributed by atoms with Gasteiger partial charge in [0.15, 0.2) is 23.0 Å². The number of carbonyl (C=O) groups is 2. The molecule has 4 aromatic carbocycles. The van der Waals surface area contributed by atoms with Crippen molar-refractivity contribution in [2.45, 2.75) is 92.9 Å². The quantitative estimate of drug-likeness (QED) is 0.0928. The zero-order chi connectivity index (χ0) is 44.6. The van der Waals surface area contributed by atoms with E-state index in [9.17, 15) is 9.59 Å². The van der Waals surface area contributed by atoms with Gasteiger partial charge in [0.05, 0.1) is 32.1 Å². The highest BCUT2D eigenvalue weighted by atomic mass is 35.5. The molecule has 2 aliphatic heterocycles. The minimum Gasteiger partial charge on any atom is -0.490 e. The monoisotopic (exact) mass is 895 g/mol. The Morgan fingerprint density at radius 2 is 1.05 bits per heavy atom. The van der Waals surface area contributed by atoms with Gasteiger partial charge in [0.2, 0.25) is 0 Å². The molecule has 330 valence electrons. The summed E-state index contributed by atoms with van der Waals surface area (Å²) in [5.41, 5.74) is 8.01. The normalized spacial score (nSPS) is 12.1. The van der Waals surface area contributed by atoms with Crippen LogP contribution in [0.2, 0.25) is 10.0 Å². The Bertz CT molecular complexity index is 2230. The Morgan fingerprint density at radius 1 is 0.590 bits per heavy atom. The number of amides is 1. The van der Waals surface area contributed by atoms with Gasteiger partial charge < -0.3 is 40.0 Å². The SMILES string of the molecule is CC.CCCC.CCCCCC.O=C(Cl)c1cc2cc(Cl)ccc2[nH]1.O=C(Nc1ccc2c(c1)OCCCO2)c1cc2cc(Cl)ccc2[nH]1.[NH3+]c1ccc2c(c1)OCCCO2. The molecule has 8 rings (SSSR count). The number of H-pyrrole nitrogens is 2. The summed E-state index contributed by atoms with van der Waals surface area (Å²) in [6.45, 7) is 15.5. The van der Waals surface area contributed by atoms with Gasteiger partial charge in [-0.05, 0) is 78.3 Å². The van der Waals surface area contributed by atoms with Gasteiger partial charge in [-0.1, -0.05) is 103 Å². The van der Waals surface area contributed by atoms with E-state index < -0.39 is 5.24 Å². The van der Waals surface area contributed by atoms with E-state index in [-0.39, 0.29) is 5.91 Å². The Kier molecular flexibility index (Phi) is 23.1. The van der Waals surface area contributed by atoms with Crippen molar-refractivity contribution in [3.8, 4) is 23.0 Å². The number of fused-ring (bicyclic) bond motifs is 4. The number of halogens is 3. The van der Waals surface area contributed by atoms with Crippen LogP contribution in [0.1, 0.15) is 114 Å². The fraction of sp³-hybridized carbons (Fsp3) is 0.375. The lowest BCUT2D eigenvalue weighted by Gasteiger charge is -2.10. The highest BCUT2D eigenvalue weighted by Crippen LogP contribution is 2.33. The summed E-state index contributed by atoms with van der Waals surface area (Å²) in [5.74, 6) is 2.77. The van der Waals surface area contributed by atoms with Crippen molar-refractivity contribution < 1.29 is 34.3 Å². The molecule has 0 saturated heterocycles. The maximum absolute atomic E-state index is 12.5. The fourth-order valence-electron chi connectivity index (χ4n) is 5.58. The first-order chi connectivity index (χ1) is 29.5. The molecule has 0 radical (unpaired) electrons. The lowest BCUT2D eigenvalue weighted by Crippen LogP contribution is -2.39. The molecule has 0 saturated carbocycles. The number of rotatable bonds is 7. The van der Waals surface area contributed by atoms with Gasteiger partial charge in [-0.25, -0.2) is 0 Å². The summed E-state index contributed by atoms with van der Waals surface area (Å²) in [4.78, 5) is 29.2. The smallest absolute Gasteiger partial charge is 0.272 e. The van der Waals surface area contributed by atoms with Crippen LogP contribution in [0.4, 0.5) is 11.4 Å². The van der Waals surface area contributed by atoms with Gasteiger partial charge in [0.1, 0.15) is 11.4 Å². The molecule has 2 aliphatic rings. The molecule has 6 N–H and O–H groups in total. The van der Waals surface area contributed by atoms with Crippen LogP contribution in [0.3, 0.4) is 0 Å². The van der Waals surface area contributed by atoms with Crippen molar-refractivity contribution >= 4 is 79.1 Å². The van der Waals surface area contributed by atoms with Gasteiger partial charge in [-0.3, -0.25) is 9.59 Å². The molecule has 0 fully saturated rings. The van der Waals surface area contributed by atoms with Gasteiger partial charge in [-0.15, -0.1) is 0 Å². The van der Waals surface area contributed by atoms with Crippen LogP contribution >= 0.6 is 34.8 Å². The largest absolute Gasteiger partial charge is 0.490 e. The van der Waals surface area contributed by atoms with Crippen LogP contribution in [-0.4, -0.2) is 47.5 Å². The summed E-state index contributed by atoms with van der Waals surface area (Å²) in [6, 6.07) is 25.4. The van der Waals surface area contributed by atoms with Gasteiger partial charge in [0, 0.05) is 68.6 Å². The summed E-state index contributed by atoms with van der Waals surface area (Å²) in [5, 5.41) is 5.43. The number of aromatic nitrogens is 2. The first-order valence-corrected chi connectivity index (χ1v) is 22.4. The third-order valence-corrected chi connectivity index (χ3v) is 9.57. The maximum atomic E-state index is 12.5.